The lowest BCUT2D eigenvalue weighted by Gasteiger charge is -2.34. The number of likely N-dealkylation sites (tertiary alicyclic amines) is 2. The summed E-state index contributed by atoms with van der Waals surface area (Å²) in [5.41, 5.74) is 1.16. The van der Waals surface area contributed by atoms with Gasteiger partial charge in [-0.05, 0) is 48.0 Å². The first-order chi connectivity index (χ1) is 9.85. The van der Waals surface area contributed by atoms with Crippen LogP contribution < -0.4 is 0 Å². The minimum Gasteiger partial charge on any atom is -0.376 e. The van der Waals surface area contributed by atoms with Crippen LogP contribution in [0.1, 0.15) is 61.8 Å². The molecule has 2 heterocycles. The van der Waals surface area contributed by atoms with E-state index < -0.39 is 0 Å². The standard InChI is InChI=1S/C19H38N2O/c1-16(2,3)21-14-18(7)12-20(13-19(18,8)15-21)10-9-11-22-17(4,5)6/h9-15H2,1-8H3/t18-,19+. The van der Waals surface area contributed by atoms with Crippen LogP contribution in [0.5, 0.6) is 0 Å². The van der Waals surface area contributed by atoms with Crippen LogP contribution in [0.4, 0.5) is 0 Å². The topological polar surface area (TPSA) is 15.7 Å². The molecule has 130 valence electrons. The van der Waals surface area contributed by atoms with Gasteiger partial charge in [-0.1, -0.05) is 13.8 Å². The summed E-state index contributed by atoms with van der Waals surface area (Å²) in [6.07, 6.45) is 1.15. The second-order valence-electron chi connectivity index (χ2n) is 10.2. The molecule has 0 amide bonds. The molecule has 3 heteroatoms. The van der Waals surface area contributed by atoms with Crippen LogP contribution in [0.25, 0.3) is 0 Å². The average Bonchev–Trinajstić information content (AvgIpc) is 2.67. The minimum absolute atomic E-state index is 0.00726. The highest BCUT2D eigenvalue weighted by Crippen LogP contribution is 2.52. The molecule has 2 atom stereocenters. The van der Waals surface area contributed by atoms with Crippen LogP contribution in [0, 0.1) is 10.8 Å². The van der Waals surface area contributed by atoms with Crippen molar-refractivity contribution in [3.63, 3.8) is 0 Å². The molecule has 0 aliphatic carbocycles. The molecule has 0 unspecified atom stereocenters. The fraction of sp³-hybridized carbons (Fsp3) is 1.00. The van der Waals surface area contributed by atoms with Gasteiger partial charge in [0.2, 0.25) is 0 Å². The van der Waals surface area contributed by atoms with Gasteiger partial charge in [0.15, 0.2) is 0 Å². The van der Waals surface area contributed by atoms with Crippen molar-refractivity contribution in [3.05, 3.63) is 0 Å². The van der Waals surface area contributed by atoms with E-state index in [-0.39, 0.29) is 5.60 Å². The summed E-state index contributed by atoms with van der Waals surface area (Å²) in [7, 11) is 0. The van der Waals surface area contributed by atoms with E-state index in [9.17, 15) is 0 Å². The van der Waals surface area contributed by atoms with Gasteiger partial charge >= 0.3 is 0 Å². The smallest absolute Gasteiger partial charge is 0.0598 e. The van der Waals surface area contributed by atoms with Crippen LogP contribution in [-0.2, 0) is 4.74 Å². The lowest BCUT2D eigenvalue weighted by molar-refractivity contribution is -0.00690. The summed E-state index contributed by atoms with van der Waals surface area (Å²) in [5, 5.41) is 0. The second kappa shape index (κ2) is 5.75. The Morgan fingerprint density at radius 1 is 0.864 bits per heavy atom. The Morgan fingerprint density at radius 3 is 1.77 bits per heavy atom. The van der Waals surface area contributed by atoms with E-state index in [2.05, 4.69) is 65.2 Å². The summed E-state index contributed by atoms with van der Waals surface area (Å²) >= 11 is 0. The van der Waals surface area contributed by atoms with E-state index >= 15 is 0 Å². The van der Waals surface area contributed by atoms with E-state index in [1.54, 1.807) is 0 Å². The zero-order chi connectivity index (χ0) is 16.8. The molecule has 0 N–H and O–H groups in total. The van der Waals surface area contributed by atoms with Gasteiger partial charge in [0, 0.05) is 55.7 Å². The summed E-state index contributed by atoms with van der Waals surface area (Å²) in [6.45, 7) is 25.5. The highest BCUT2D eigenvalue weighted by molar-refractivity contribution is 5.11. The molecule has 0 radical (unpaired) electrons. The zero-order valence-corrected chi connectivity index (χ0v) is 16.3. The van der Waals surface area contributed by atoms with Gasteiger partial charge in [0.25, 0.3) is 0 Å². The first-order valence-electron chi connectivity index (χ1n) is 8.96. The predicted octanol–water partition coefficient (Wildman–Crippen LogP) is 3.63. The molecular weight excluding hydrogens is 272 g/mol. The first-order valence-corrected chi connectivity index (χ1v) is 8.96. The molecule has 0 aromatic heterocycles. The molecule has 0 aromatic carbocycles. The number of hydrogen-bond acceptors (Lipinski definition) is 3. The van der Waals surface area contributed by atoms with Crippen molar-refractivity contribution in [2.24, 2.45) is 10.8 Å². The van der Waals surface area contributed by atoms with Crippen molar-refractivity contribution in [1.82, 2.24) is 9.80 Å². The maximum atomic E-state index is 5.86. The Morgan fingerprint density at radius 2 is 1.36 bits per heavy atom. The Balaban J connectivity index is 1.85. The van der Waals surface area contributed by atoms with Crippen molar-refractivity contribution < 1.29 is 4.74 Å². The Kier molecular flexibility index (Phi) is 4.76. The Hall–Kier alpha value is -0.120. The van der Waals surface area contributed by atoms with Gasteiger partial charge < -0.3 is 9.64 Å². The molecule has 0 aromatic rings. The first kappa shape index (κ1) is 18.2. The van der Waals surface area contributed by atoms with Gasteiger partial charge in [-0.3, -0.25) is 4.90 Å². The Bertz CT molecular complexity index is 375. The maximum Gasteiger partial charge on any atom is 0.0598 e. The number of nitrogens with zero attached hydrogens (tertiary/aromatic N) is 2. The largest absolute Gasteiger partial charge is 0.376 e. The molecule has 2 saturated heterocycles. The number of ether oxygens (including phenoxy) is 1. The highest BCUT2D eigenvalue weighted by Gasteiger charge is 2.58. The summed E-state index contributed by atoms with van der Waals surface area (Å²) in [4.78, 5) is 5.36. The molecule has 0 bridgehead atoms. The molecule has 3 nitrogen and oxygen atoms in total. The van der Waals surface area contributed by atoms with Gasteiger partial charge in [-0.15, -0.1) is 0 Å². The van der Waals surface area contributed by atoms with Crippen LogP contribution in [-0.4, -0.2) is 60.3 Å². The predicted molar refractivity (Wildman–Crippen MR) is 94.3 cm³/mol. The molecule has 22 heavy (non-hydrogen) atoms. The summed E-state index contributed by atoms with van der Waals surface area (Å²) in [6, 6.07) is 0. The molecule has 2 aliphatic rings. The molecule has 0 saturated carbocycles. The van der Waals surface area contributed by atoms with E-state index in [0.29, 0.717) is 16.4 Å². The van der Waals surface area contributed by atoms with E-state index in [4.69, 9.17) is 4.74 Å². The molecule has 2 aliphatic heterocycles. The van der Waals surface area contributed by atoms with Crippen molar-refractivity contribution in [3.8, 4) is 0 Å². The molecule has 2 fully saturated rings. The van der Waals surface area contributed by atoms with Crippen molar-refractivity contribution in [2.45, 2.75) is 73.0 Å². The fourth-order valence-electron chi connectivity index (χ4n) is 4.10. The second-order valence-corrected chi connectivity index (χ2v) is 10.2. The van der Waals surface area contributed by atoms with Crippen LogP contribution in [0.3, 0.4) is 0 Å². The van der Waals surface area contributed by atoms with Crippen LogP contribution in [0.2, 0.25) is 0 Å². The van der Waals surface area contributed by atoms with Gasteiger partial charge in [-0.2, -0.15) is 0 Å². The lowest BCUT2D eigenvalue weighted by Crippen LogP contribution is -2.43. The summed E-state index contributed by atoms with van der Waals surface area (Å²) < 4.78 is 5.86. The average molecular weight is 311 g/mol. The van der Waals surface area contributed by atoms with E-state index in [0.717, 1.165) is 13.0 Å². The van der Waals surface area contributed by atoms with Crippen molar-refractivity contribution in [1.29, 1.82) is 0 Å². The fourth-order valence-corrected chi connectivity index (χ4v) is 4.10. The number of rotatable bonds is 4. The monoisotopic (exact) mass is 310 g/mol. The Labute approximate surface area is 138 Å². The third-order valence-electron chi connectivity index (χ3n) is 5.78. The zero-order valence-electron chi connectivity index (χ0n) is 16.3. The lowest BCUT2D eigenvalue weighted by atomic mass is 9.71. The summed E-state index contributed by atoms with van der Waals surface area (Å²) in [5.74, 6) is 0. The van der Waals surface area contributed by atoms with Crippen molar-refractivity contribution >= 4 is 0 Å². The van der Waals surface area contributed by atoms with Gasteiger partial charge in [0.05, 0.1) is 5.60 Å². The van der Waals surface area contributed by atoms with Crippen LogP contribution >= 0.6 is 0 Å². The van der Waals surface area contributed by atoms with E-state index in [1.165, 1.54) is 32.7 Å². The van der Waals surface area contributed by atoms with Gasteiger partial charge in [-0.25, -0.2) is 0 Å². The molecular formula is C19H38N2O. The third-order valence-corrected chi connectivity index (χ3v) is 5.78. The maximum absolute atomic E-state index is 5.86. The van der Waals surface area contributed by atoms with Crippen LogP contribution in [0.15, 0.2) is 0 Å². The third kappa shape index (κ3) is 3.85. The number of fused-ring (bicyclic) bond motifs is 1. The number of hydrogen-bond donors (Lipinski definition) is 0. The van der Waals surface area contributed by atoms with E-state index in [1.807, 2.05) is 0 Å². The SMILES string of the molecule is CC(C)(C)OCCCN1C[C@@]2(C)CN(C(C)(C)C)C[C@@]2(C)C1. The normalized spacial score (nSPS) is 34.4. The quantitative estimate of drug-likeness (QED) is 0.737. The molecule has 0 spiro atoms. The van der Waals surface area contributed by atoms with Crippen molar-refractivity contribution in [2.75, 3.05) is 39.3 Å². The van der Waals surface area contributed by atoms with Gasteiger partial charge in [0.1, 0.15) is 0 Å². The molecule has 2 rings (SSSR count). The minimum atomic E-state index is -0.00726. The highest BCUT2D eigenvalue weighted by atomic mass is 16.5.